The smallest absolute Gasteiger partial charge is 0.281 e. The van der Waals surface area contributed by atoms with E-state index in [-0.39, 0.29) is 11.8 Å². The SMILES string of the molecule is COc1ccc(C(=O)Nc2cccc(/C=C3\NC(=S)N(c4ccc(Cl)cc4C)C3=O)c2)cc1. The van der Waals surface area contributed by atoms with E-state index >= 15 is 0 Å². The summed E-state index contributed by atoms with van der Waals surface area (Å²) in [5.74, 6) is 0.163. The summed E-state index contributed by atoms with van der Waals surface area (Å²) in [4.78, 5) is 27.1. The van der Waals surface area contributed by atoms with Crippen LogP contribution in [0.5, 0.6) is 5.75 Å². The first-order chi connectivity index (χ1) is 15.9. The lowest BCUT2D eigenvalue weighted by Crippen LogP contribution is -2.30. The van der Waals surface area contributed by atoms with Crippen LogP contribution in [-0.4, -0.2) is 24.0 Å². The lowest BCUT2D eigenvalue weighted by atomic mass is 10.1. The number of hydrogen-bond acceptors (Lipinski definition) is 4. The predicted molar refractivity (Wildman–Crippen MR) is 135 cm³/mol. The molecule has 1 fully saturated rings. The molecule has 0 aliphatic carbocycles. The number of carbonyl (C=O) groups is 2. The molecule has 2 amide bonds. The minimum atomic E-state index is -0.266. The average molecular weight is 478 g/mol. The van der Waals surface area contributed by atoms with Gasteiger partial charge in [-0.1, -0.05) is 23.7 Å². The number of ether oxygens (including phenoxy) is 1. The van der Waals surface area contributed by atoms with Crippen molar-refractivity contribution in [3.63, 3.8) is 0 Å². The molecule has 0 bridgehead atoms. The molecule has 1 aliphatic rings. The Morgan fingerprint density at radius 1 is 1.12 bits per heavy atom. The molecule has 0 atom stereocenters. The fourth-order valence-electron chi connectivity index (χ4n) is 3.44. The van der Waals surface area contributed by atoms with E-state index in [2.05, 4.69) is 10.6 Å². The van der Waals surface area contributed by atoms with Crippen molar-refractivity contribution in [1.82, 2.24) is 5.32 Å². The van der Waals surface area contributed by atoms with Crippen molar-refractivity contribution in [3.05, 3.63) is 94.1 Å². The van der Waals surface area contributed by atoms with Crippen molar-refractivity contribution in [3.8, 4) is 5.75 Å². The topological polar surface area (TPSA) is 70.7 Å². The number of hydrogen-bond donors (Lipinski definition) is 2. The molecule has 1 aliphatic heterocycles. The molecule has 0 saturated carbocycles. The van der Waals surface area contributed by atoms with Gasteiger partial charge in [-0.05, 0) is 90.9 Å². The summed E-state index contributed by atoms with van der Waals surface area (Å²) < 4.78 is 5.12. The number of benzene rings is 3. The van der Waals surface area contributed by atoms with Crippen molar-refractivity contribution in [2.75, 3.05) is 17.3 Å². The Morgan fingerprint density at radius 3 is 2.58 bits per heavy atom. The van der Waals surface area contributed by atoms with E-state index in [9.17, 15) is 9.59 Å². The number of nitrogens with zero attached hydrogens (tertiary/aromatic N) is 1. The van der Waals surface area contributed by atoms with Crippen molar-refractivity contribution < 1.29 is 14.3 Å². The Morgan fingerprint density at radius 2 is 1.88 bits per heavy atom. The predicted octanol–water partition coefficient (Wildman–Crippen LogP) is 5.17. The van der Waals surface area contributed by atoms with Gasteiger partial charge in [-0.3, -0.25) is 14.5 Å². The van der Waals surface area contributed by atoms with Gasteiger partial charge in [0.05, 0.1) is 12.8 Å². The van der Waals surface area contributed by atoms with E-state index in [1.165, 1.54) is 4.90 Å². The maximum absolute atomic E-state index is 13.1. The van der Waals surface area contributed by atoms with Crippen molar-refractivity contribution in [1.29, 1.82) is 0 Å². The van der Waals surface area contributed by atoms with Gasteiger partial charge in [-0.15, -0.1) is 0 Å². The summed E-state index contributed by atoms with van der Waals surface area (Å²) in [6.07, 6.45) is 1.70. The molecule has 0 aromatic heterocycles. The highest BCUT2D eigenvalue weighted by atomic mass is 35.5. The van der Waals surface area contributed by atoms with Gasteiger partial charge in [0.25, 0.3) is 11.8 Å². The van der Waals surface area contributed by atoms with Gasteiger partial charge < -0.3 is 15.4 Å². The molecule has 166 valence electrons. The molecule has 4 rings (SSSR count). The number of aryl methyl sites for hydroxylation is 1. The molecule has 8 heteroatoms. The lowest BCUT2D eigenvalue weighted by molar-refractivity contribution is -0.113. The molecule has 6 nitrogen and oxygen atoms in total. The van der Waals surface area contributed by atoms with Crippen LogP contribution in [0.3, 0.4) is 0 Å². The molecule has 1 heterocycles. The summed E-state index contributed by atoms with van der Waals surface area (Å²) in [7, 11) is 1.57. The largest absolute Gasteiger partial charge is 0.497 e. The average Bonchev–Trinajstić information content (AvgIpc) is 3.07. The van der Waals surface area contributed by atoms with Crippen LogP contribution in [0.4, 0.5) is 11.4 Å². The highest BCUT2D eigenvalue weighted by molar-refractivity contribution is 7.80. The Kier molecular flexibility index (Phi) is 6.44. The molecular weight excluding hydrogens is 458 g/mol. The van der Waals surface area contributed by atoms with Crippen LogP contribution in [0, 0.1) is 6.92 Å². The highest BCUT2D eigenvalue weighted by Gasteiger charge is 2.32. The van der Waals surface area contributed by atoms with Crippen LogP contribution in [0.2, 0.25) is 5.02 Å². The second-order valence-electron chi connectivity index (χ2n) is 7.37. The van der Waals surface area contributed by atoms with E-state index in [1.807, 2.05) is 13.0 Å². The lowest BCUT2D eigenvalue weighted by Gasteiger charge is -2.16. The molecular formula is C25H20ClN3O3S. The van der Waals surface area contributed by atoms with Gasteiger partial charge in [0, 0.05) is 16.3 Å². The Balaban J connectivity index is 1.53. The van der Waals surface area contributed by atoms with Crippen molar-refractivity contribution >= 4 is 58.2 Å². The molecule has 0 unspecified atom stereocenters. The van der Waals surface area contributed by atoms with Gasteiger partial charge in [0.15, 0.2) is 5.11 Å². The maximum atomic E-state index is 13.1. The summed E-state index contributed by atoms with van der Waals surface area (Å²) in [5.41, 5.74) is 3.69. The normalized spacial score (nSPS) is 14.4. The standard InChI is InChI=1S/C25H20ClN3O3S/c1-15-12-18(26)8-11-22(15)29-24(31)21(28-25(29)33)14-16-4-3-5-19(13-16)27-23(30)17-6-9-20(32-2)10-7-17/h3-14H,1-2H3,(H,27,30)(H,28,33)/b21-14-. The van der Waals surface area contributed by atoms with Crippen LogP contribution < -0.4 is 20.3 Å². The maximum Gasteiger partial charge on any atom is 0.281 e. The van der Waals surface area contributed by atoms with Gasteiger partial charge in [-0.2, -0.15) is 0 Å². The monoisotopic (exact) mass is 477 g/mol. The zero-order valence-corrected chi connectivity index (χ0v) is 19.5. The molecule has 3 aromatic rings. The molecule has 33 heavy (non-hydrogen) atoms. The number of rotatable bonds is 5. The molecule has 0 radical (unpaired) electrons. The first-order valence-corrected chi connectivity index (χ1v) is 10.8. The Labute approximate surface area is 201 Å². The van der Waals surface area contributed by atoms with Crippen LogP contribution >= 0.6 is 23.8 Å². The van der Waals surface area contributed by atoms with Gasteiger partial charge >= 0.3 is 0 Å². The third-order valence-electron chi connectivity index (χ3n) is 5.09. The number of halogens is 1. The van der Waals surface area contributed by atoms with E-state index in [0.29, 0.717) is 38.5 Å². The van der Waals surface area contributed by atoms with Crippen molar-refractivity contribution in [2.24, 2.45) is 0 Å². The summed E-state index contributed by atoms with van der Waals surface area (Å²) >= 11 is 11.4. The third kappa shape index (κ3) is 4.89. The van der Waals surface area contributed by atoms with Crippen molar-refractivity contribution in [2.45, 2.75) is 6.92 Å². The fourth-order valence-corrected chi connectivity index (χ4v) is 3.96. The minimum Gasteiger partial charge on any atom is -0.497 e. The number of methoxy groups -OCH3 is 1. The molecule has 1 saturated heterocycles. The molecule has 3 aromatic carbocycles. The number of anilines is 2. The second kappa shape index (κ2) is 9.44. The summed E-state index contributed by atoms with van der Waals surface area (Å²) in [5, 5.41) is 6.72. The van der Waals surface area contributed by atoms with Crippen LogP contribution in [-0.2, 0) is 4.79 Å². The van der Waals surface area contributed by atoms with Crippen LogP contribution in [0.25, 0.3) is 6.08 Å². The second-order valence-corrected chi connectivity index (χ2v) is 8.19. The minimum absolute atomic E-state index is 0.247. The summed E-state index contributed by atoms with van der Waals surface area (Å²) in [6.45, 7) is 1.87. The highest BCUT2D eigenvalue weighted by Crippen LogP contribution is 2.28. The quantitative estimate of drug-likeness (QED) is 0.392. The first kappa shape index (κ1) is 22.5. The first-order valence-electron chi connectivity index (χ1n) is 10.0. The van der Waals surface area contributed by atoms with E-state index in [0.717, 1.165) is 11.1 Å². The number of nitrogens with one attached hydrogen (secondary N) is 2. The molecule has 0 spiro atoms. The zero-order chi connectivity index (χ0) is 23.5. The van der Waals surface area contributed by atoms with E-state index in [4.69, 9.17) is 28.6 Å². The summed E-state index contributed by atoms with van der Waals surface area (Å²) in [6, 6.07) is 19.3. The zero-order valence-electron chi connectivity index (χ0n) is 17.9. The Bertz CT molecular complexity index is 1290. The van der Waals surface area contributed by atoms with Crippen LogP contribution in [0.1, 0.15) is 21.5 Å². The fraction of sp³-hybridized carbons (Fsp3) is 0.0800. The van der Waals surface area contributed by atoms with Gasteiger partial charge in [-0.25, -0.2) is 0 Å². The number of thiocarbonyl (C=S) groups is 1. The number of amides is 2. The van der Waals surface area contributed by atoms with E-state index in [1.54, 1.807) is 73.8 Å². The van der Waals surface area contributed by atoms with Gasteiger partial charge in [0.1, 0.15) is 11.4 Å². The number of carbonyl (C=O) groups excluding carboxylic acids is 2. The Hall–Kier alpha value is -3.68. The van der Waals surface area contributed by atoms with Gasteiger partial charge in [0.2, 0.25) is 0 Å². The third-order valence-corrected chi connectivity index (χ3v) is 5.61. The molecule has 2 N–H and O–H groups in total. The van der Waals surface area contributed by atoms with Crippen LogP contribution in [0.15, 0.2) is 72.4 Å². The van der Waals surface area contributed by atoms with E-state index < -0.39 is 0 Å².